The second-order valence-corrected chi connectivity index (χ2v) is 33.9. The third-order valence-corrected chi connectivity index (χ3v) is 23.9. The Hall–Kier alpha value is -5.19. The van der Waals surface area contributed by atoms with Crippen molar-refractivity contribution in [3.63, 3.8) is 0 Å². The quantitative estimate of drug-likeness (QED) is 0.159. The molecule has 1 aromatic heterocycles. The Bertz CT molecular complexity index is 3850. The van der Waals surface area contributed by atoms with Crippen molar-refractivity contribution >= 4 is 151 Å². The monoisotopic (exact) mass is 1110 g/mol. The predicted molar refractivity (Wildman–Crippen MR) is 382 cm³/mol. The van der Waals surface area contributed by atoms with Crippen molar-refractivity contribution in [2.45, 2.75) is 213 Å². The minimum Gasteiger partial charge on any atom is -0.312 e. The molecular formula is C73H93B6N3S. The van der Waals surface area contributed by atoms with Gasteiger partial charge in [0, 0.05) is 49.5 Å². The molecule has 3 nitrogen and oxygen atoms in total. The van der Waals surface area contributed by atoms with Crippen molar-refractivity contribution in [3.05, 3.63) is 134 Å². The summed E-state index contributed by atoms with van der Waals surface area (Å²) in [7, 11) is 11.8. The first kappa shape index (κ1) is 58.2. The van der Waals surface area contributed by atoms with Crippen molar-refractivity contribution in [2.75, 3.05) is 14.7 Å². The van der Waals surface area contributed by atoms with Gasteiger partial charge in [0.25, 0.3) is 6.71 Å². The summed E-state index contributed by atoms with van der Waals surface area (Å²) in [5, 5.41) is 0. The van der Waals surface area contributed by atoms with E-state index in [0.717, 1.165) is 19.3 Å². The third-order valence-electron chi connectivity index (χ3n) is 22.3. The van der Waals surface area contributed by atoms with Crippen LogP contribution in [0.1, 0.15) is 213 Å². The lowest BCUT2D eigenvalue weighted by molar-refractivity contribution is 0.332. The number of nitrogens with zero attached hydrogens (tertiary/aromatic N) is 3. The van der Waals surface area contributed by atoms with Gasteiger partial charge in [-0.25, -0.2) is 0 Å². The van der Waals surface area contributed by atoms with E-state index in [-0.39, 0.29) is 50.0 Å². The van der Waals surface area contributed by atoms with E-state index < -0.39 is 0 Å². The average molecular weight is 1110 g/mol. The molecule has 7 aromatic rings. The Morgan fingerprint density at radius 3 is 1.49 bits per heavy atom. The van der Waals surface area contributed by atoms with Crippen LogP contribution in [0, 0.1) is 6.92 Å². The summed E-state index contributed by atoms with van der Waals surface area (Å²) in [4.78, 5) is 9.86. The van der Waals surface area contributed by atoms with Crippen LogP contribution in [0.25, 0.3) is 0 Å². The number of thiophene rings is 1. The molecule has 0 fully saturated rings. The van der Waals surface area contributed by atoms with Crippen LogP contribution in [0.4, 0.5) is 51.2 Å². The van der Waals surface area contributed by atoms with Crippen molar-refractivity contribution in [1.29, 1.82) is 0 Å². The van der Waals surface area contributed by atoms with Crippen LogP contribution in [0.5, 0.6) is 0 Å². The first-order chi connectivity index (χ1) is 38.4. The van der Waals surface area contributed by atoms with E-state index in [1.165, 1.54) is 152 Å². The minimum absolute atomic E-state index is 0.000404. The van der Waals surface area contributed by atoms with Gasteiger partial charge in [0.15, 0.2) is 0 Å². The van der Waals surface area contributed by atoms with E-state index in [1.54, 1.807) is 10.4 Å². The van der Waals surface area contributed by atoms with E-state index in [4.69, 9.17) is 0 Å². The van der Waals surface area contributed by atoms with Crippen LogP contribution in [0.2, 0.25) is 0 Å². The van der Waals surface area contributed by atoms with Crippen molar-refractivity contribution in [2.24, 2.45) is 0 Å². The standard InChI is InChI=1S/C73H93B6N3S/c1-40-34-42(67(5,6)7)22-27-51(40)82-52-39-49-48(70(12,13)30-31-71(49,14)15)38-50(52)79-61-53(81(43-23-20-41(21-24-43)66(2,3)4)62-55-64(83-65(62)79)73(18,19)33-32-72(55,16)17)36-45(37-54(61)82)80(63-59(77)57(75)56(74)58(76)60(63)78)44-25-26-46-47(35-44)69(10,11)29-28-68(46,8)9/h20-27,34-39H,28-33,74-78H2,1-19H3. The Kier molecular flexibility index (Phi) is 13.1. The SMILES string of the molecule is Bc1c(B)c(B)c(N(c2cc3c4c(c2)N(c2ccc(C(C)(C)C)cc2)c2c(sc5c2C(C)(C)CCC5(C)C)B4c2cc4c(cc2N3c2ccc(C(C)(C)C)cc2C)C(C)(C)CCC4(C)C)c2ccc3c(c2)C(C)(C)CCC3(C)C)c(B)c1B. The number of hydrogen-bond donors (Lipinski definition) is 0. The van der Waals surface area contributed by atoms with Crippen LogP contribution in [0.15, 0.2) is 84.9 Å². The molecule has 0 atom stereocenters. The van der Waals surface area contributed by atoms with E-state index in [9.17, 15) is 0 Å². The molecule has 12 rings (SSSR count). The van der Waals surface area contributed by atoms with Gasteiger partial charge in [-0.05, 0) is 193 Å². The maximum atomic E-state index is 2.80. The highest BCUT2D eigenvalue weighted by Gasteiger charge is 2.52. The molecule has 0 bridgehead atoms. The summed E-state index contributed by atoms with van der Waals surface area (Å²) in [6.07, 6.45) is 6.98. The lowest BCUT2D eigenvalue weighted by Gasteiger charge is -2.48. The van der Waals surface area contributed by atoms with Crippen LogP contribution >= 0.6 is 11.3 Å². The minimum atomic E-state index is -0.0469. The zero-order valence-corrected chi connectivity index (χ0v) is 56.5. The zero-order valence-electron chi connectivity index (χ0n) is 55.7. The summed E-state index contributed by atoms with van der Waals surface area (Å²) in [6, 6.07) is 35.6. The second-order valence-electron chi connectivity index (χ2n) is 32.9. The third kappa shape index (κ3) is 8.90. The Morgan fingerprint density at radius 2 is 0.940 bits per heavy atom. The molecule has 2 aliphatic heterocycles. The van der Waals surface area contributed by atoms with E-state index in [2.05, 4.69) is 282 Å². The summed E-state index contributed by atoms with van der Waals surface area (Å²) in [5.41, 5.74) is 32.9. The van der Waals surface area contributed by atoms with Gasteiger partial charge < -0.3 is 14.7 Å². The van der Waals surface area contributed by atoms with Gasteiger partial charge in [0.1, 0.15) is 39.2 Å². The summed E-state index contributed by atoms with van der Waals surface area (Å²) in [6.45, 7) is 46.7. The van der Waals surface area contributed by atoms with Crippen molar-refractivity contribution in [1.82, 2.24) is 0 Å². The lowest BCUT2D eigenvalue weighted by atomic mass is 9.35. The number of aryl methyl sites for hydroxylation is 1. The van der Waals surface area contributed by atoms with Crippen molar-refractivity contribution < 1.29 is 0 Å². The highest BCUT2D eigenvalue weighted by molar-refractivity contribution is 7.29. The Labute approximate surface area is 510 Å². The molecule has 0 unspecified atom stereocenters. The lowest BCUT2D eigenvalue weighted by Crippen LogP contribution is -2.61. The normalized spacial score (nSPS) is 19.2. The second kappa shape index (κ2) is 18.7. The van der Waals surface area contributed by atoms with Gasteiger partial charge >= 0.3 is 0 Å². The molecule has 0 N–H and O–H groups in total. The van der Waals surface area contributed by atoms with Gasteiger partial charge in [-0.2, -0.15) is 11.3 Å². The molecule has 0 spiro atoms. The molecule has 0 saturated carbocycles. The molecule has 6 aromatic carbocycles. The first-order valence-electron chi connectivity index (χ1n) is 31.8. The van der Waals surface area contributed by atoms with Gasteiger partial charge in [0.2, 0.25) is 0 Å². The molecule has 83 heavy (non-hydrogen) atoms. The molecule has 3 aliphatic carbocycles. The predicted octanol–water partition coefficient (Wildman–Crippen LogP) is 10.5. The van der Waals surface area contributed by atoms with Crippen LogP contribution in [-0.4, -0.2) is 45.9 Å². The first-order valence-corrected chi connectivity index (χ1v) is 32.6. The molecular weight excluding hydrogens is 1020 g/mol. The molecule has 3 heterocycles. The Morgan fingerprint density at radius 1 is 0.458 bits per heavy atom. The largest absolute Gasteiger partial charge is 0.312 e. The Balaban J connectivity index is 1.29. The number of hydrogen-bond acceptors (Lipinski definition) is 4. The zero-order chi connectivity index (χ0) is 60.2. The molecule has 10 heteroatoms. The number of benzene rings is 6. The average Bonchev–Trinajstić information content (AvgIpc) is 1.73. The fourth-order valence-electron chi connectivity index (χ4n) is 15.9. The van der Waals surface area contributed by atoms with Crippen molar-refractivity contribution in [3.8, 4) is 0 Å². The van der Waals surface area contributed by atoms with Gasteiger partial charge in [-0.3, -0.25) is 0 Å². The molecule has 424 valence electrons. The fourth-order valence-corrected chi connectivity index (χ4v) is 17.6. The maximum Gasteiger partial charge on any atom is 0.264 e. The summed E-state index contributed by atoms with van der Waals surface area (Å²) >= 11 is 2.15. The van der Waals surface area contributed by atoms with Gasteiger partial charge in [-0.1, -0.05) is 183 Å². The molecule has 0 saturated heterocycles. The van der Waals surface area contributed by atoms with Crippen LogP contribution in [-0.2, 0) is 43.3 Å². The fraction of sp³-hybridized carbons (Fsp3) is 0.452. The topological polar surface area (TPSA) is 9.72 Å². The van der Waals surface area contributed by atoms with E-state index in [0.29, 0.717) is 0 Å². The van der Waals surface area contributed by atoms with Gasteiger partial charge in [-0.15, -0.1) is 5.46 Å². The number of rotatable bonds is 5. The highest BCUT2D eigenvalue weighted by Crippen LogP contribution is 2.59. The van der Waals surface area contributed by atoms with Crippen LogP contribution in [0.3, 0.4) is 0 Å². The highest BCUT2D eigenvalue weighted by atomic mass is 32.1. The smallest absolute Gasteiger partial charge is 0.264 e. The number of fused-ring (bicyclic) bond motifs is 8. The van der Waals surface area contributed by atoms with E-state index in [1.807, 2.05) is 0 Å². The van der Waals surface area contributed by atoms with E-state index >= 15 is 0 Å². The molecule has 0 amide bonds. The summed E-state index contributed by atoms with van der Waals surface area (Å²) in [5.74, 6) is 0. The molecule has 0 radical (unpaired) electrons. The molecule has 5 aliphatic rings. The number of anilines is 9. The van der Waals surface area contributed by atoms with Crippen LogP contribution < -0.4 is 57.7 Å². The maximum absolute atomic E-state index is 2.80. The van der Waals surface area contributed by atoms with Gasteiger partial charge in [0.05, 0.1) is 11.4 Å². The summed E-state index contributed by atoms with van der Waals surface area (Å²) < 4.78 is 1.50.